The van der Waals surface area contributed by atoms with E-state index in [9.17, 15) is 17.6 Å². The first-order chi connectivity index (χ1) is 17.7. The van der Waals surface area contributed by atoms with E-state index in [0.29, 0.717) is 47.5 Å². The lowest BCUT2D eigenvalue weighted by Gasteiger charge is -2.11. The van der Waals surface area contributed by atoms with Gasteiger partial charge in [0.1, 0.15) is 18.2 Å². The van der Waals surface area contributed by atoms with Crippen molar-refractivity contribution in [3.8, 4) is 11.5 Å². The quantitative estimate of drug-likeness (QED) is 0.170. The van der Waals surface area contributed by atoms with Crippen LogP contribution in [0.3, 0.4) is 0 Å². The van der Waals surface area contributed by atoms with Crippen LogP contribution in [0.4, 0.5) is 22.0 Å². The van der Waals surface area contributed by atoms with Gasteiger partial charge >= 0.3 is 6.36 Å². The predicted octanol–water partition coefficient (Wildman–Crippen LogP) is 6.94. The van der Waals surface area contributed by atoms with Gasteiger partial charge in [-0.05, 0) is 53.5 Å². The van der Waals surface area contributed by atoms with E-state index in [-0.39, 0.29) is 18.7 Å². The lowest BCUT2D eigenvalue weighted by molar-refractivity contribution is -0.275. The summed E-state index contributed by atoms with van der Waals surface area (Å²) in [4.78, 5) is 8.59. The molecule has 4 rings (SSSR count). The Balaban J connectivity index is 1.39. The summed E-state index contributed by atoms with van der Waals surface area (Å²) in [6.45, 7) is 3.97. The minimum atomic E-state index is -4.98. The van der Waals surface area contributed by atoms with Crippen LogP contribution in [0.1, 0.15) is 22.5 Å². The summed E-state index contributed by atoms with van der Waals surface area (Å²) in [5.41, 5.74) is 1.87. The second kappa shape index (κ2) is 11.4. The molecule has 0 saturated carbocycles. The number of benzene rings is 3. The van der Waals surface area contributed by atoms with Crippen LogP contribution in [0.5, 0.6) is 11.5 Å². The fourth-order valence-corrected chi connectivity index (χ4v) is 3.88. The van der Waals surface area contributed by atoms with Crippen molar-refractivity contribution in [3.05, 3.63) is 108 Å². The Morgan fingerprint density at radius 3 is 2.24 bits per heavy atom. The molecule has 9 heteroatoms. The van der Waals surface area contributed by atoms with E-state index < -0.39 is 17.9 Å². The third-order valence-electron chi connectivity index (χ3n) is 5.69. The lowest BCUT2D eigenvalue weighted by Crippen LogP contribution is -2.18. The van der Waals surface area contributed by atoms with E-state index in [1.807, 2.05) is 18.2 Å². The molecule has 3 aromatic carbocycles. The first-order valence-corrected chi connectivity index (χ1v) is 11.5. The summed E-state index contributed by atoms with van der Waals surface area (Å²) in [7, 11) is 0. The number of nitrogens with zero attached hydrogens (tertiary/aromatic N) is 2. The molecule has 0 aliphatic heterocycles. The van der Waals surface area contributed by atoms with Crippen LogP contribution in [0.15, 0.2) is 73.6 Å². The first kappa shape index (κ1) is 26.1. The number of hydrogen-bond acceptors (Lipinski definition) is 4. The highest BCUT2D eigenvalue weighted by Crippen LogP contribution is 2.28. The van der Waals surface area contributed by atoms with Gasteiger partial charge in [0.15, 0.2) is 17.3 Å². The minimum Gasteiger partial charge on any atom is -0.486 e. The molecule has 0 unspecified atom stereocenters. The van der Waals surface area contributed by atoms with E-state index in [0.717, 1.165) is 23.1 Å². The molecule has 0 fully saturated rings. The molecule has 0 aliphatic rings. The zero-order valence-corrected chi connectivity index (χ0v) is 19.7. The molecule has 1 aromatic heterocycles. The number of hydrogen-bond donors (Lipinski definition) is 0. The second-order valence-corrected chi connectivity index (χ2v) is 8.34. The Kier molecular flexibility index (Phi) is 8.01. The van der Waals surface area contributed by atoms with Gasteiger partial charge in [-0.3, -0.25) is 0 Å². The topological polar surface area (TPSA) is 44.2 Å². The second-order valence-electron chi connectivity index (χ2n) is 8.34. The van der Waals surface area contributed by atoms with Crippen molar-refractivity contribution in [1.82, 2.24) is 9.97 Å². The predicted molar refractivity (Wildman–Crippen MR) is 130 cm³/mol. The van der Waals surface area contributed by atoms with Gasteiger partial charge in [-0.15, -0.1) is 13.2 Å². The minimum absolute atomic E-state index is 0.251. The molecule has 0 spiro atoms. The van der Waals surface area contributed by atoms with Crippen molar-refractivity contribution in [2.75, 3.05) is 6.61 Å². The lowest BCUT2D eigenvalue weighted by atomic mass is 9.98. The van der Waals surface area contributed by atoms with Crippen LogP contribution in [-0.4, -0.2) is 22.9 Å². The van der Waals surface area contributed by atoms with Crippen molar-refractivity contribution in [2.24, 2.45) is 0 Å². The first-order valence-electron chi connectivity index (χ1n) is 11.5. The van der Waals surface area contributed by atoms with E-state index in [2.05, 4.69) is 21.3 Å². The van der Waals surface area contributed by atoms with Crippen molar-refractivity contribution in [2.45, 2.75) is 32.0 Å². The van der Waals surface area contributed by atoms with Crippen molar-refractivity contribution >= 4 is 10.8 Å². The zero-order chi connectivity index (χ0) is 26.4. The Morgan fingerprint density at radius 1 is 0.838 bits per heavy atom. The maximum absolute atomic E-state index is 15.2. The third kappa shape index (κ3) is 7.03. The molecular weight excluding hydrogens is 491 g/mol. The molecule has 0 radical (unpaired) electrons. The third-order valence-corrected chi connectivity index (χ3v) is 5.69. The number of ether oxygens (including phenoxy) is 2. The van der Waals surface area contributed by atoms with E-state index in [1.54, 1.807) is 30.6 Å². The van der Waals surface area contributed by atoms with E-state index in [4.69, 9.17) is 4.74 Å². The standard InChI is InChI=1S/C28H23F5N2O2/c1-2-13-36-22-16-34-26(35-17-22)12-6-18-4-10-23-21(14-18)9-8-20(27(23)30)7-3-19-5-11-25(24(29)15-19)37-28(31,32)33/h2,4-5,8-11,14-17H,1,3,6-7,12-13H2. The van der Waals surface area contributed by atoms with Crippen LogP contribution in [-0.2, 0) is 25.7 Å². The number of halogens is 5. The molecule has 0 aliphatic carbocycles. The maximum Gasteiger partial charge on any atom is 0.573 e. The highest BCUT2D eigenvalue weighted by Gasteiger charge is 2.32. The summed E-state index contributed by atoms with van der Waals surface area (Å²) in [5.74, 6) is -1.16. The summed E-state index contributed by atoms with van der Waals surface area (Å²) >= 11 is 0. The van der Waals surface area contributed by atoms with Gasteiger partial charge in [0.2, 0.25) is 0 Å². The van der Waals surface area contributed by atoms with Crippen molar-refractivity contribution < 1.29 is 31.4 Å². The molecule has 0 N–H and O–H groups in total. The Hall–Kier alpha value is -4.01. The van der Waals surface area contributed by atoms with E-state index in [1.165, 1.54) is 6.07 Å². The normalized spacial score (nSPS) is 11.5. The van der Waals surface area contributed by atoms with Crippen molar-refractivity contribution in [1.29, 1.82) is 0 Å². The van der Waals surface area contributed by atoms with Crippen LogP contribution in [0.25, 0.3) is 10.8 Å². The average Bonchev–Trinajstić information content (AvgIpc) is 2.87. The van der Waals surface area contributed by atoms with Crippen LogP contribution < -0.4 is 9.47 Å². The van der Waals surface area contributed by atoms with Gasteiger partial charge < -0.3 is 9.47 Å². The molecular formula is C28H23F5N2O2. The highest BCUT2D eigenvalue weighted by atomic mass is 19.4. The Bertz CT molecular complexity index is 1390. The maximum atomic E-state index is 15.2. The van der Waals surface area contributed by atoms with Crippen LogP contribution in [0, 0.1) is 11.6 Å². The van der Waals surface area contributed by atoms with Gasteiger partial charge in [0, 0.05) is 11.8 Å². The van der Waals surface area contributed by atoms with Crippen LogP contribution >= 0.6 is 0 Å². The van der Waals surface area contributed by atoms with Gasteiger partial charge in [-0.2, -0.15) is 0 Å². The molecule has 0 amide bonds. The Labute approximate surface area is 210 Å². The number of aromatic nitrogens is 2. The fourth-order valence-electron chi connectivity index (χ4n) is 3.88. The molecule has 1 heterocycles. The molecule has 0 bridgehead atoms. The summed E-state index contributed by atoms with van der Waals surface area (Å²) in [6.07, 6.45) is 1.68. The largest absolute Gasteiger partial charge is 0.573 e. The van der Waals surface area contributed by atoms with Gasteiger partial charge in [-0.25, -0.2) is 18.7 Å². The smallest absolute Gasteiger partial charge is 0.486 e. The summed E-state index contributed by atoms with van der Waals surface area (Å²) in [5, 5.41) is 1.20. The van der Waals surface area contributed by atoms with Gasteiger partial charge in [0.05, 0.1) is 12.4 Å². The summed E-state index contributed by atoms with van der Waals surface area (Å²) in [6, 6.07) is 12.2. The van der Waals surface area contributed by atoms with Gasteiger partial charge in [0.25, 0.3) is 0 Å². The number of rotatable bonds is 10. The van der Waals surface area contributed by atoms with E-state index >= 15 is 4.39 Å². The SMILES string of the molecule is C=CCOc1cnc(CCc2ccc3c(F)c(CCc4ccc(OC(F)(F)F)c(F)c4)ccc3c2)nc1. The van der Waals surface area contributed by atoms with Crippen molar-refractivity contribution in [3.63, 3.8) is 0 Å². The molecule has 0 saturated heterocycles. The monoisotopic (exact) mass is 514 g/mol. The zero-order valence-electron chi connectivity index (χ0n) is 19.7. The average molecular weight is 514 g/mol. The summed E-state index contributed by atoms with van der Waals surface area (Å²) < 4.78 is 75.1. The molecule has 192 valence electrons. The number of fused-ring (bicyclic) bond motifs is 1. The molecule has 37 heavy (non-hydrogen) atoms. The fraction of sp³-hybridized carbons (Fsp3) is 0.214. The molecule has 4 aromatic rings. The number of aryl methyl sites for hydroxylation is 4. The molecule has 0 atom stereocenters. The van der Waals surface area contributed by atoms with Crippen LogP contribution in [0.2, 0.25) is 0 Å². The highest BCUT2D eigenvalue weighted by molar-refractivity contribution is 5.84. The number of alkyl halides is 3. The molecule has 4 nitrogen and oxygen atoms in total. The van der Waals surface area contributed by atoms with Gasteiger partial charge in [-0.1, -0.05) is 49.1 Å². The Morgan fingerprint density at radius 2 is 1.54 bits per heavy atom.